The number of hydrogen-bond donors (Lipinski definition) is 0. The molecule has 0 amide bonds. The summed E-state index contributed by atoms with van der Waals surface area (Å²) in [5, 5.41) is 0. The smallest absolute Gasteiger partial charge is 1.00 e. The van der Waals surface area contributed by atoms with Crippen molar-refractivity contribution in [3.8, 4) is 0 Å². The zero-order chi connectivity index (χ0) is 27.0. The van der Waals surface area contributed by atoms with E-state index in [2.05, 4.69) is 0 Å². The second-order valence-corrected chi connectivity index (χ2v) is 13.4. The molecule has 0 rings (SSSR count). The van der Waals surface area contributed by atoms with Crippen LogP contribution in [0.4, 0.5) is 20.8 Å². The summed E-state index contributed by atoms with van der Waals surface area (Å²) in [6, 6.07) is 0. The van der Waals surface area contributed by atoms with Gasteiger partial charge in [-0.15, -0.1) is 0 Å². The molecule has 0 saturated heterocycles. The maximum atomic E-state index is 10.2. The summed E-state index contributed by atoms with van der Waals surface area (Å²) >= 11 is -36.8. The van der Waals surface area contributed by atoms with Crippen LogP contribution in [0.15, 0.2) is 0 Å². The van der Waals surface area contributed by atoms with Crippen LogP contribution in [0, 0.1) is 0 Å². The zero-order valence-corrected chi connectivity index (χ0v) is 35.6. The van der Waals surface area contributed by atoms with Gasteiger partial charge in [0, 0.05) is 0 Å². The Kier molecular flexibility index (Phi) is 164. The predicted molar refractivity (Wildman–Crippen MR) is 45.3 cm³/mol. The van der Waals surface area contributed by atoms with Crippen molar-refractivity contribution in [2.24, 2.45) is 0 Å². The predicted octanol–water partition coefficient (Wildman–Crippen LogP) is -50.7. The van der Waals surface area contributed by atoms with E-state index in [9.17, 15) is 20.8 Å². The fourth-order valence-corrected chi connectivity index (χ4v) is 0. The average molecular weight is 935 g/mol. The van der Waals surface area contributed by atoms with Crippen molar-refractivity contribution in [1.82, 2.24) is 0 Å². The van der Waals surface area contributed by atoms with Gasteiger partial charge in [-0.25, -0.2) is 0 Å². The molecular weight excluding hydrogens is 935 g/mol. The van der Waals surface area contributed by atoms with E-state index in [1.54, 1.807) is 0 Å². The summed E-state index contributed by atoms with van der Waals surface area (Å²) in [7, 11) is 0. The van der Waals surface area contributed by atoms with Crippen LogP contribution >= 0.6 is 0 Å². The molecule has 0 radical (unpaired) electrons. The summed E-state index contributed by atoms with van der Waals surface area (Å²) in [5.74, 6) is 0. The van der Waals surface area contributed by atoms with Gasteiger partial charge < -0.3 is 0 Å². The van der Waals surface area contributed by atoms with E-state index < -0.39 is 87.9 Å². The van der Waals surface area contributed by atoms with Crippen LogP contribution in [0.2, 0.25) is 0 Å². The fourth-order valence-electron chi connectivity index (χ4n) is 0. The van der Waals surface area contributed by atoms with Crippen molar-refractivity contribution in [3.05, 3.63) is 0 Å². The summed E-state index contributed by atoms with van der Waals surface area (Å²) in [6.45, 7) is 0. The van der Waals surface area contributed by atoms with Crippen LogP contribution < -0.4 is 275 Å². The topological polar surface area (TPSA) is 379 Å². The quantitative estimate of drug-likeness (QED) is 0.161. The second kappa shape index (κ2) is 58.7. The Morgan fingerprint density at radius 2 is 0.214 bits per heavy atom. The van der Waals surface area contributed by atoms with Crippen LogP contribution in [0.25, 0.3) is 0 Å². The molecular formula is As6F6Li12O18. The molecule has 42 heavy (non-hydrogen) atoms. The number of rotatable bonds is 0. The molecule has 0 atom stereocenters. The third kappa shape index (κ3) is 1540. The van der Waals surface area contributed by atoms with Gasteiger partial charge in [0.15, 0.2) is 0 Å². The van der Waals surface area contributed by atoms with E-state index in [1.165, 1.54) is 0 Å². The van der Waals surface area contributed by atoms with Gasteiger partial charge in [-0.1, -0.05) is 0 Å². The number of halogens is 6. The minimum absolute atomic E-state index is 0. The molecule has 42 heteroatoms. The van der Waals surface area contributed by atoms with Gasteiger partial charge in [0.1, 0.15) is 0 Å². The Balaban J connectivity index is -0.00000000973. The Hall–Kier alpha value is 8.42. The van der Waals surface area contributed by atoms with Gasteiger partial charge in [-0.2, -0.15) is 0 Å². The molecule has 0 fully saturated rings. The molecule has 0 aliphatic heterocycles. The van der Waals surface area contributed by atoms with Crippen LogP contribution in [-0.2, 0) is 22.4 Å². The molecule has 0 aromatic heterocycles. The van der Waals surface area contributed by atoms with Gasteiger partial charge in [0.05, 0.1) is 0 Å². The third-order valence-corrected chi connectivity index (χ3v) is 0. The Morgan fingerprint density at radius 3 is 0.214 bits per heavy atom. The standard InChI is InChI=1S/6AsFH2O3.12Li/c6*2-1(3,4)5;;;;;;;;;;;;/h6*(H2,3,4,5);;;;;;;;;;;;/q;;;;;;12*+1/p-12. The first-order chi connectivity index (χ1) is 12.0. The molecule has 0 aromatic carbocycles. The van der Waals surface area contributed by atoms with Crippen molar-refractivity contribution in [2.75, 3.05) is 0 Å². The van der Waals surface area contributed by atoms with Crippen LogP contribution in [0.3, 0.4) is 0 Å². The first kappa shape index (κ1) is 117. The van der Waals surface area contributed by atoms with Gasteiger partial charge in [-0.05, 0) is 0 Å². The first-order valence-corrected chi connectivity index (χ1v) is 22.3. The first-order valence-electron chi connectivity index (χ1n) is 4.30. The molecule has 0 N–H and O–H groups in total. The largest absolute Gasteiger partial charge is 1.00 e. The Labute approximate surface area is 398 Å². The molecule has 0 aliphatic carbocycles. The normalized spacial score (nSPS) is 8.43. The molecule has 192 valence electrons. The summed E-state index contributed by atoms with van der Waals surface area (Å²) in [5.41, 5.74) is 0. The fraction of sp³-hybridized carbons (Fsp3) is 0. The van der Waals surface area contributed by atoms with Crippen molar-refractivity contribution >= 4 is 87.9 Å². The molecule has 0 bridgehead atoms. The van der Waals surface area contributed by atoms with E-state index in [4.69, 9.17) is 71.6 Å². The van der Waals surface area contributed by atoms with E-state index in [1.807, 2.05) is 0 Å². The van der Waals surface area contributed by atoms with E-state index in [-0.39, 0.29) is 226 Å². The molecule has 0 aliphatic rings. The maximum absolute atomic E-state index is 10.2. The Bertz CT molecular complexity index is 510. The van der Waals surface area contributed by atoms with Crippen molar-refractivity contribution in [2.45, 2.75) is 0 Å². The molecule has 0 heterocycles. The van der Waals surface area contributed by atoms with Crippen molar-refractivity contribution in [3.63, 3.8) is 0 Å². The van der Waals surface area contributed by atoms with E-state index in [0.717, 1.165) is 0 Å². The molecule has 0 aromatic rings. The molecule has 18 nitrogen and oxygen atoms in total. The molecule has 0 saturated carbocycles. The Morgan fingerprint density at radius 1 is 0.214 bits per heavy atom. The monoisotopic (exact) mass is 936 g/mol. The van der Waals surface area contributed by atoms with Crippen molar-refractivity contribution < 1.29 is 319 Å². The van der Waals surface area contributed by atoms with Crippen LogP contribution in [-0.4, -0.2) is 87.9 Å². The third-order valence-electron chi connectivity index (χ3n) is 0. The summed E-state index contributed by atoms with van der Waals surface area (Å²) < 4.78 is 214. The van der Waals surface area contributed by atoms with Crippen LogP contribution in [0.1, 0.15) is 0 Å². The van der Waals surface area contributed by atoms with Gasteiger partial charge in [0.25, 0.3) is 0 Å². The van der Waals surface area contributed by atoms with E-state index in [0.29, 0.717) is 0 Å². The molecule has 0 unspecified atom stereocenters. The summed E-state index contributed by atoms with van der Waals surface area (Å²) in [4.78, 5) is 0. The van der Waals surface area contributed by atoms with Gasteiger partial charge in [-0.3, -0.25) is 0 Å². The summed E-state index contributed by atoms with van der Waals surface area (Å²) in [6.07, 6.45) is 0. The van der Waals surface area contributed by atoms with Gasteiger partial charge >= 0.3 is 407 Å². The second-order valence-electron chi connectivity index (χ2n) is 2.58. The van der Waals surface area contributed by atoms with Crippen LogP contribution in [0.5, 0.6) is 0 Å². The zero-order valence-electron chi connectivity index (χ0n) is 24.3. The SMILES string of the molecule is O=[As]([O-])([O-])F.O=[As]([O-])([O-])F.O=[As]([O-])([O-])F.O=[As]([O-])([O-])F.O=[As]([O-])([O-])F.O=[As]([O-])([O-])F.[Li+].[Li+].[Li+].[Li+].[Li+].[Li+].[Li+].[Li+].[Li+].[Li+].[Li+].[Li+]. The van der Waals surface area contributed by atoms with E-state index >= 15 is 0 Å². The minimum atomic E-state index is -6.12. The van der Waals surface area contributed by atoms with Gasteiger partial charge in [0.2, 0.25) is 0 Å². The maximum Gasteiger partial charge on any atom is 1.00 e. The van der Waals surface area contributed by atoms with Crippen molar-refractivity contribution in [1.29, 1.82) is 0 Å². The molecule has 0 spiro atoms. The number of hydrogen-bond acceptors (Lipinski definition) is 18. The minimum Gasteiger partial charge on any atom is 1.00 e. The average Bonchev–Trinajstić information content (AvgIpc) is 1.94.